The second-order valence-electron chi connectivity index (χ2n) is 9.93. The molecule has 0 spiro atoms. The highest BCUT2D eigenvalue weighted by Crippen LogP contribution is 2.52. The quantitative estimate of drug-likeness (QED) is 0.315. The summed E-state index contributed by atoms with van der Waals surface area (Å²) in [7, 11) is 1.34. The van der Waals surface area contributed by atoms with Crippen LogP contribution in [0.4, 0.5) is 0 Å². The van der Waals surface area contributed by atoms with Gasteiger partial charge in [-0.3, -0.25) is 14.4 Å². The van der Waals surface area contributed by atoms with Crippen LogP contribution in [0.5, 0.6) is 17.2 Å². The molecule has 1 saturated carbocycles. The van der Waals surface area contributed by atoms with Crippen molar-refractivity contribution in [1.82, 2.24) is 0 Å². The molecule has 37 heavy (non-hydrogen) atoms. The minimum atomic E-state index is -2.14. The largest absolute Gasteiger partial charge is 0.507 e. The lowest BCUT2D eigenvalue weighted by Crippen LogP contribution is -2.47. The van der Waals surface area contributed by atoms with Gasteiger partial charge in [-0.05, 0) is 31.7 Å². The van der Waals surface area contributed by atoms with Crippen LogP contribution in [0.25, 0.3) is 0 Å². The van der Waals surface area contributed by atoms with Gasteiger partial charge in [-0.2, -0.15) is 0 Å². The molecule has 2 aromatic carbocycles. The predicted molar refractivity (Wildman–Crippen MR) is 127 cm³/mol. The number of aliphatic hydroxyl groups excluding tert-OH is 2. The lowest BCUT2D eigenvalue weighted by Gasteiger charge is -2.40. The number of carbonyl (C=O) groups excluding carboxylic acids is 3. The van der Waals surface area contributed by atoms with Crippen LogP contribution in [0.3, 0.4) is 0 Å². The van der Waals surface area contributed by atoms with Gasteiger partial charge in [-0.25, -0.2) is 0 Å². The Morgan fingerprint density at radius 3 is 2.35 bits per heavy atom. The normalized spacial score (nSPS) is 26.8. The van der Waals surface area contributed by atoms with E-state index >= 15 is 0 Å². The zero-order valence-electron chi connectivity index (χ0n) is 20.2. The molecule has 0 bridgehead atoms. The summed E-state index contributed by atoms with van der Waals surface area (Å²) >= 11 is 0. The van der Waals surface area contributed by atoms with E-state index in [9.17, 15) is 39.9 Å². The number of aromatic hydroxyl groups is 2. The zero-order valence-corrected chi connectivity index (χ0v) is 20.2. The smallest absolute Gasteiger partial charge is 0.202 e. The molecule has 10 nitrogen and oxygen atoms in total. The van der Waals surface area contributed by atoms with Crippen LogP contribution >= 0.6 is 0 Å². The van der Waals surface area contributed by atoms with Crippen LogP contribution in [0, 0.1) is 0 Å². The van der Waals surface area contributed by atoms with Gasteiger partial charge in [0.2, 0.25) is 5.78 Å². The lowest BCUT2D eigenvalue weighted by atomic mass is 9.71. The number of rotatable bonds is 5. The van der Waals surface area contributed by atoms with E-state index in [0.717, 1.165) is 0 Å². The van der Waals surface area contributed by atoms with Crippen molar-refractivity contribution in [3.8, 4) is 17.2 Å². The Hall–Kier alpha value is -3.31. The molecule has 0 unspecified atom stereocenters. The van der Waals surface area contributed by atoms with Crippen molar-refractivity contribution < 1.29 is 49.4 Å². The van der Waals surface area contributed by atoms with Crippen LogP contribution in [0.15, 0.2) is 18.2 Å². The van der Waals surface area contributed by atoms with Gasteiger partial charge in [0.25, 0.3) is 0 Å². The average molecular weight is 513 g/mol. The summed E-state index contributed by atoms with van der Waals surface area (Å²) in [4.78, 5) is 39.6. The minimum absolute atomic E-state index is 0.0114. The Morgan fingerprint density at radius 2 is 1.70 bits per heavy atom. The van der Waals surface area contributed by atoms with E-state index in [4.69, 9.17) is 9.47 Å². The number of methoxy groups -OCH3 is 1. The van der Waals surface area contributed by atoms with E-state index in [0.29, 0.717) is 25.7 Å². The summed E-state index contributed by atoms with van der Waals surface area (Å²) < 4.78 is 11.5. The first-order valence-electron chi connectivity index (χ1n) is 12.2. The SMILES string of the molecule is COc1cccc2c1C(=O)c1c(O)c3c(c(O)c1C2=O)C[C@](O)(C(=O)CO)C[C@H]3O[C@H]1CC[C@H](O)CC1. The summed E-state index contributed by atoms with van der Waals surface area (Å²) in [5.41, 5.74) is -3.11. The maximum absolute atomic E-state index is 13.6. The number of ketones is 3. The molecule has 3 aliphatic rings. The summed E-state index contributed by atoms with van der Waals surface area (Å²) in [6.45, 7) is -0.962. The third-order valence-corrected chi connectivity index (χ3v) is 7.74. The molecule has 196 valence electrons. The Balaban J connectivity index is 1.69. The van der Waals surface area contributed by atoms with Crippen LogP contribution in [-0.4, -0.2) is 74.4 Å². The van der Waals surface area contributed by atoms with Gasteiger partial charge in [0.1, 0.15) is 29.5 Å². The maximum Gasteiger partial charge on any atom is 0.202 e. The van der Waals surface area contributed by atoms with Crippen LogP contribution in [0.2, 0.25) is 0 Å². The fourth-order valence-corrected chi connectivity index (χ4v) is 5.81. The van der Waals surface area contributed by atoms with Crippen molar-refractivity contribution in [2.45, 2.75) is 62.4 Å². The number of Topliss-reactive ketones (excluding diaryl/α,β-unsaturated/α-hetero) is 1. The second kappa shape index (κ2) is 9.21. The van der Waals surface area contributed by atoms with Gasteiger partial charge in [-0.1, -0.05) is 12.1 Å². The highest BCUT2D eigenvalue weighted by molar-refractivity contribution is 6.31. The monoisotopic (exact) mass is 512 g/mol. The van der Waals surface area contributed by atoms with E-state index in [2.05, 4.69) is 0 Å². The van der Waals surface area contributed by atoms with Gasteiger partial charge in [0.05, 0.1) is 42.1 Å². The molecule has 2 aromatic rings. The molecule has 5 N–H and O–H groups in total. The summed E-state index contributed by atoms with van der Waals surface area (Å²) in [5, 5.41) is 53.3. The molecule has 2 atom stereocenters. The van der Waals surface area contributed by atoms with Crippen molar-refractivity contribution in [2.75, 3.05) is 13.7 Å². The number of phenolic OH excluding ortho intramolecular Hbond substituents is 2. The Labute approximate surface area is 212 Å². The van der Waals surface area contributed by atoms with Crippen molar-refractivity contribution >= 4 is 17.3 Å². The fourth-order valence-electron chi connectivity index (χ4n) is 5.81. The number of ether oxygens (including phenoxy) is 2. The second-order valence-corrected chi connectivity index (χ2v) is 9.93. The first-order valence-corrected chi connectivity index (χ1v) is 12.2. The number of aliphatic hydroxyl groups is 3. The maximum atomic E-state index is 13.6. The summed E-state index contributed by atoms with van der Waals surface area (Å²) in [6, 6.07) is 4.44. The van der Waals surface area contributed by atoms with E-state index in [1.54, 1.807) is 0 Å². The minimum Gasteiger partial charge on any atom is -0.507 e. The highest BCUT2D eigenvalue weighted by atomic mass is 16.5. The number of hydrogen-bond donors (Lipinski definition) is 5. The van der Waals surface area contributed by atoms with Crippen molar-refractivity contribution in [3.05, 3.63) is 51.6 Å². The summed E-state index contributed by atoms with van der Waals surface area (Å²) in [6.07, 6.45) is -0.890. The third-order valence-electron chi connectivity index (χ3n) is 7.74. The molecule has 0 saturated heterocycles. The van der Waals surface area contributed by atoms with Crippen molar-refractivity contribution in [2.24, 2.45) is 0 Å². The molecule has 1 fully saturated rings. The predicted octanol–water partition coefficient (Wildman–Crippen LogP) is 1.48. The van der Waals surface area contributed by atoms with Crippen molar-refractivity contribution in [1.29, 1.82) is 0 Å². The first-order chi connectivity index (χ1) is 17.6. The average Bonchev–Trinajstić information content (AvgIpc) is 2.89. The summed E-state index contributed by atoms with van der Waals surface area (Å²) in [5.74, 6) is -3.41. The van der Waals surface area contributed by atoms with Gasteiger partial charge >= 0.3 is 0 Å². The molecule has 10 heteroatoms. The topological polar surface area (TPSA) is 171 Å². The molecule has 0 radical (unpaired) electrons. The van der Waals surface area contributed by atoms with Crippen molar-refractivity contribution in [3.63, 3.8) is 0 Å². The molecule has 0 aromatic heterocycles. The van der Waals surface area contributed by atoms with Gasteiger partial charge in [-0.15, -0.1) is 0 Å². The Kier molecular flexibility index (Phi) is 6.31. The van der Waals surface area contributed by atoms with E-state index in [-0.39, 0.29) is 40.5 Å². The van der Waals surface area contributed by atoms with E-state index in [1.165, 1.54) is 25.3 Å². The molecule has 0 aliphatic heterocycles. The highest BCUT2D eigenvalue weighted by Gasteiger charge is 2.49. The third kappa shape index (κ3) is 3.91. The molecule has 0 heterocycles. The molecule has 5 rings (SSSR count). The van der Waals surface area contributed by atoms with Crippen LogP contribution in [-0.2, 0) is 16.0 Å². The number of carbonyl (C=O) groups is 3. The van der Waals surface area contributed by atoms with Gasteiger partial charge in [0, 0.05) is 29.5 Å². The lowest BCUT2D eigenvalue weighted by molar-refractivity contribution is -0.150. The van der Waals surface area contributed by atoms with E-state index < -0.39 is 70.8 Å². The molecule has 3 aliphatic carbocycles. The van der Waals surface area contributed by atoms with Crippen LogP contribution < -0.4 is 4.74 Å². The van der Waals surface area contributed by atoms with E-state index in [1.807, 2.05) is 0 Å². The number of hydrogen-bond acceptors (Lipinski definition) is 10. The molecular formula is C27H28O10. The Morgan fingerprint density at radius 1 is 1.03 bits per heavy atom. The molecular weight excluding hydrogens is 484 g/mol. The fraction of sp³-hybridized carbons (Fsp3) is 0.444. The Bertz CT molecular complexity index is 1310. The molecule has 0 amide bonds. The zero-order chi connectivity index (χ0) is 26.6. The number of fused-ring (bicyclic) bond motifs is 3. The van der Waals surface area contributed by atoms with Gasteiger partial charge < -0.3 is 35.0 Å². The number of phenols is 2. The number of benzene rings is 2. The van der Waals surface area contributed by atoms with Gasteiger partial charge in [0.15, 0.2) is 11.6 Å². The first kappa shape index (κ1) is 25.3. The standard InChI is InChI=1S/C27H28O10/c1-36-16-4-2-3-14-19(16)25(33)22-21(23(14)31)24(32)15-9-27(35,18(30)11-28)10-17(20(15)26(22)34)37-13-7-5-12(29)6-8-13/h2-4,12-13,17,28-29,32,34-35H,5-11H2,1H3/t12-,13-,17-,27-/m1/s1. The van der Waals surface area contributed by atoms with Crippen LogP contribution in [0.1, 0.15) is 81.2 Å².